The van der Waals surface area contributed by atoms with Crippen LogP contribution in [0.25, 0.3) is 0 Å². The van der Waals surface area contributed by atoms with E-state index in [9.17, 15) is 19.5 Å². The fourth-order valence-corrected chi connectivity index (χ4v) is 1.83. The zero-order valence-corrected chi connectivity index (χ0v) is 9.87. The highest BCUT2D eigenvalue weighted by atomic mass is 16.4. The monoisotopic (exact) mass is 264 g/mol. The molecule has 1 aliphatic rings. The van der Waals surface area contributed by atoms with Crippen molar-refractivity contribution < 1.29 is 24.6 Å². The van der Waals surface area contributed by atoms with Gasteiger partial charge < -0.3 is 20.4 Å². The predicted octanol–water partition coefficient (Wildman–Crippen LogP) is -0.733. The predicted molar refractivity (Wildman–Crippen MR) is 64.4 cm³/mol. The molecular formula is C12H12N2O5. The second-order valence-corrected chi connectivity index (χ2v) is 4.05. The normalized spacial score (nSPS) is 17.0. The number of piperazine rings is 1. The first-order valence-electron chi connectivity index (χ1n) is 5.61. The zero-order valence-electron chi connectivity index (χ0n) is 9.87. The SMILES string of the molecule is O=C1NCCN(c2cccc(C(O)C(=O)O)c2)C1=O. The van der Waals surface area contributed by atoms with Crippen LogP contribution in [0.2, 0.25) is 0 Å². The first-order chi connectivity index (χ1) is 9.00. The number of aliphatic carboxylic acids is 1. The van der Waals surface area contributed by atoms with Crippen LogP contribution in [-0.2, 0) is 14.4 Å². The molecule has 1 fully saturated rings. The van der Waals surface area contributed by atoms with Gasteiger partial charge >= 0.3 is 17.8 Å². The topological polar surface area (TPSA) is 107 Å². The van der Waals surface area contributed by atoms with Crippen molar-refractivity contribution in [2.75, 3.05) is 18.0 Å². The average Bonchev–Trinajstić information content (AvgIpc) is 2.41. The first-order valence-corrected chi connectivity index (χ1v) is 5.61. The Kier molecular flexibility index (Phi) is 3.48. The molecule has 19 heavy (non-hydrogen) atoms. The van der Waals surface area contributed by atoms with Gasteiger partial charge in [-0.3, -0.25) is 9.59 Å². The molecule has 1 unspecified atom stereocenters. The third-order valence-corrected chi connectivity index (χ3v) is 2.79. The van der Waals surface area contributed by atoms with E-state index < -0.39 is 23.9 Å². The van der Waals surface area contributed by atoms with Gasteiger partial charge in [0, 0.05) is 18.8 Å². The van der Waals surface area contributed by atoms with E-state index in [1.54, 1.807) is 6.07 Å². The van der Waals surface area contributed by atoms with Crippen molar-refractivity contribution in [3.63, 3.8) is 0 Å². The summed E-state index contributed by atoms with van der Waals surface area (Å²) in [5.41, 5.74) is 0.543. The number of hydrogen-bond donors (Lipinski definition) is 3. The number of rotatable bonds is 3. The maximum absolute atomic E-state index is 11.7. The summed E-state index contributed by atoms with van der Waals surface area (Å²) in [6.45, 7) is 0.632. The van der Waals surface area contributed by atoms with E-state index in [0.29, 0.717) is 18.8 Å². The number of nitrogens with zero attached hydrogens (tertiary/aromatic N) is 1. The number of aliphatic hydroxyl groups is 1. The highest BCUT2D eigenvalue weighted by molar-refractivity contribution is 6.41. The maximum Gasteiger partial charge on any atom is 0.337 e. The van der Waals surface area contributed by atoms with Crippen LogP contribution < -0.4 is 10.2 Å². The molecule has 7 nitrogen and oxygen atoms in total. The van der Waals surface area contributed by atoms with E-state index in [1.165, 1.54) is 23.1 Å². The molecule has 100 valence electrons. The molecule has 1 aromatic carbocycles. The first kappa shape index (κ1) is 13.0. The van der Waals surface area contributed by atoms with Crippen molar-refractivity contribution in [3.05, 3.63) is 29.8 Å². The molecule has 0 radical (unpaired) electrons. The van der Waals surface area contributed by atoms with E-state index in [-0.39, 0.29) is 5.56 Å². The van der Waals surface area contributed by atoms with Crippen LogP contribution in [0.15, 0.2) is 24.3 Å². The number of aliphatic hydroxyl groups excluding tert-OH is 1. The van der Waals surface area contributed by atoms with Gasteiger partial charge in [-0.15, -0.1) is 0 Å². The summed E-state index contributed by atoms with van der Waals surface area (Å²) >= 11 is 0. The molecule has 0 saturated carbocycles. The average molecular weight is 264 g/mol. The molecule has 0 aromatic heterocycles. The third-order valence-electron chi connectivity index (χ3n) is 2.79. The number of hydrogen-bond acceptors (Lipinski definition) is 4. The van der Waals surface area contributed by atoms with E-state index in [1.807, 2.05) is 0 Å². The minimum absolute atomic E-state index is 0.156. The number of carbonyl (C=O) groups is 3. The number of carbonyl (C=O) groups excluding carboxylic acids is 2. The Morgan fingerprint density at radius 2 is 2.11 bits per heavy atom. The molecule has 1 heterocycles. The Morgan fingerprint density at radius 3 is 2.79 bits per heavy atom. The van der Waals surface area contributed by atoms with Crippen LogP contribution in [0.5, 0.6) is 0 Å². The Morgan fingerprint density at radius 1 is 1.37 bits per heavy atom. The number of amides is 2. The van der Waals surface area contributed by atoms with Crippen molar-refractivity contribution >= 4 is 23.5 Å². The van der Waals surface area contributed by atoms with Crippen LogP contribution in [0.4, 0.5) is 5.69 Å². The lowest BCUT2D eigenvalue weighted by Crippen LogP contribution is -2.52. The molecule has 3 N–H and O–H groups in total. The summed E-state index contributed by atoms with van der Waals surface area (Å²) in [5, 5.41) is 20.6. The van der Waals surface area contributed by atoms with Gasteiger partial charge in [0.25, 0.3) is 0 Å². The summed E-state index contributed by atoms with van der Waals surface area (Å²) in [5.74, 6) is -2.77. The minimum atomic E-state index is -1.66. The van der Waals surface area contributed by atoms with E-state index in [0.717, 1.165) is 0 Å². The fourth-order valence-electron chi connectivity index (χ4n) is 1.83. The van der Waals surface area contributed by atoms with Gasteiger partial charge in [-0.25, -0.2) is 4.79 Å². The number of benzene rings is 1. The molecule has 1 aliphatic heterocycles. The molecule has 1 atom stereocenters. The van der Waals surface area contributed by atoms with Gasteiger partial charge in [0.1, 0.15) is 0 Å². The molecule has 0 bridgehead atoms. The van der Waals surface area contributed by atoms with E-state index in [4.69, 9.17) is 5.11 Å². The standard InChI is InChI=1S/C12H12N2O5/c15-9(12(18)19)7-2-1-3-8(6-7)14-5-4-13-10(16)11(14)17/h1-3,6,9,15H,4-5H2,(H,13,16)(H,18,19). The molecule has 0 aliphatic carbocycles. The summed E-state index contributed by atoms with van der Waals surface area (Å²) < 4.78 is 0. The van der Waals surface area contributed by atoms with Crippen LogP contribution in [0, 0.1) is 0 Å². The van der Waals surface area contributed by atoms with Crippen LogP contribution in [0.3, 0.4) is 0 Å². The van der Waals surface area contributed by atoms with Gasteiger partial charge in [-0.1, -0.05) is 12.1 Å². The summed E-state index contributed by atoms with van der Waals surface area (Å²) in [6, 6.07) is 5.93. The lowest BCUT2D eigenvalue weighted by atomic mass is 10.1. The Labute approximate surface area is 108 Å². The molecule has 1 aromatic rings. The zero-order chi connectivity index (χ0) is 14.0. The van der Waals surface area contributed by atoms with Crippen LogP contribution in [0.1, 0.15) is 11.7 Å². The van der Waals surface area contributed by atoms with Crippen molar-refractivity contribution in [2.24, 2.45) is 0 Å². The van der Waals surface area contributed by atoms with Gasteiger partial charge in [0.2, 0.25) is 0 Å². The van der Waals surface area contributed by atoms with Gasteiger partial charge in [0.15, 0.2) is 6.10 Å². The van der Waals surface area contributed by atoms with E-state index in [2.05, 4.69) is 5.32 Å². The Hall–Kier alpha value is -2.41. The highest BCUT2D eigenvalue weighted by Crippen LogP contribution is 2.21. The van der Waals surface area contributed by atoms with Gasteiger partial charge in [0.05, 0.1) is 0 Å². The molecule has 2 amide bonds. The van der Waals surface area contributed by atoms with Crippen molar-refractivity contribution in [3.8, 4) is 0 Å². The molecular weight excluding hydrogens is 252 g/mol. The second-order valence-electron chi connectivity index (χ2n) is 4.05. The minimum Gasteiger partial charge on any atom is -0.479 e. The summed E-state index contributed by atoms with van der Waals surface area (Å²) in [7, 11) is 0. The number of nitrogens with one attached hydrogen (secondary N) is 1. The third kappa shape index (κ3) is 2.55. The van der Waals surface area contributed by atoms with Crippen molar-refractivity contribution in [1.29, 1.82) is 0 Å². The Bertz CT molecular complexity index is 543. The Balaban J connectivity index is 2.30. The molecule has 1 saturated heterocycles. The summed E-state index contributed by atoms with van der Waals surface area (Å²) in [4.78, 5) is 34.9. The van der Waals surface area contributed by atoms with Gasteiger partial charge in [-0.2, -0.15) is 0 Å². The van der Waals surface area contributed by atoms with E-state index >= 15 is 0 Å². The number of carboxylic acids is 1. The lowest BCUT2D eigenvalue weighted by molar-refractivity contribution is -0.146. The largest absolute Gasteiger partial charge is 0.479 e. The molecule has 0 spiro atoms. The molecule has 2 rings (SSSR count). The maximum atomic E-state index is 11.7. The lowest BCUT2D eigenvalue weighted by Gasteiger charge is -2.26. The second kappa shape index (κ2) is 5.07. The van der Waals surface area contributed by atoms with Crippen LogP contribution in [-0.4, -0.2) is 41.1 Å². The van der Waals surface area contributed by atoms with Crippen molar-refractivity contribution in [1.82, 2.24) is 5.32 Å². The van der Waals surface area contributed by atoms with Gasteiger partial charge in [-0.05, 0) is 17.7 Å². The smallest absolute Gasteiger partial charge is 0.337 e. The molecule has 7 heteroatoms. The quantitative estimate of drug-likeness (QED) is 0.624. The highest BCUT2D eigenvalue weighted by Gasteiger charge is 2.27. The van der Waals surface area contributed by atoms with Crippen LogP contribution >= 0.6 is 0 Å². The number of carboxylic acid groups (broad SMARTS) is 1. The fraction of sp³-hybridized carbons (Fsp3) is 0.250. The van der Waals surface area contributed by atoms with Crippen molar-refractivity contribution in [2.45, 2.75) is 6.10 Å². The summed E-state index contributed by atoms with van der Waals surface area (Å²) in [6.07, 6.45) is -1.66. The number of anilines is 1.